The number of carbonyl (C=O) groups is 2. The van der Waals surface area contributed by atoms with Gasteiger partial charge < -0.3 is 10.2 Å². The summed E-state index contributed by atoms with van der Waals surface area (Å²) in [6.07, 6.45) is 5.68. The highest BCUT2D eigenvalue weighted by Crippen LogP contribution is 2.28. The lowest BCUT2D eigenvalue weighted by atomic mass is 9.95. The molecular formula is C32H38ClN3O4S. The molecule has 0 aromatic heterocycles. The molecule has 1 N–H and O–H groups in total. The van der Waals surface area contributed by atoms with Crippen LogP contribution in [0.15, 0.2) is 83.8 Å². The molecule has 0 bridgehead atoms. The third kappa shape index (κ3) is 7.89. The van der Waals surface area contributed by atoms with Gasteiger partial charge in [-0.1, -0.05) is 85.5 Å². The van der Waals surface area contributed by atoms with Crippen LogP contribution in [-0.2, 0) is 26.0 Å². The van der Waals surface area contributed by atoms with E-state index in [1.54, 1.807) is 43.3 Å². The number of nitrogens with zero attached hydrogens (tertiary/aromatic N) is 2. The quantitative estimate of drug-likeness (QED) is 0.306. The molecule has 1 atom stereocenters. The van der Waals surface area contributed by atoms with Crippen molar-refractivity contribution in [3.8, 4) is 0 Å². The first kappa shape index (κ1) is 30.6. The molecule has 1 unspecified atom stereocenters. The highest BCUT2D eigenvalue weighted by molar-refractivity contribution is 7.92. The number of hydrogen-bond donors (Lipinski definition) is 1. The molecule has 1 fully saturated rings. The Morgan fingerprint density at radius 1 is 0.951 bits per heavy atom. The highest BCUT2D eigenvalue weighted by atomic mass is 35.5. The minimum Gasteiger partial charge on any atom is -0.352 e. The fourth-order valence-corrected chi connectivity index (χ4v) is 6.73. The molecule has 218 valence electrons. The van der Waals surface area contributed by atoms with Gasteiger partial charge in [-0.05, 0) is 68.5 Å². The van der Waals surface area contributed by atoms with E-state index in [2.05, 4.69) is 5.32 Å². The summed E-state index contributed by atoms with van der Waals surface area (Å²) in [4.78, 5) is 28.9. The molecule has 3 aromatic carbocycles. The van der Waals surface area contributed by atoms with E-state index in [0.717, 1.165) is 41.1 Å². The zero-order valence-electron chi connectivity index (χ0n) is 23.6. The van der Waals surface area contributed by atoms with Crippen LogP contribution in [0.1, 0.15) is 50.2 Å². The molecule has 0 spiro atoms. The van der Waals surface area contributed by atoms with E-state index in [-0.39, 0.29) is 29.1 Å². The number of halogens is 1. The molecule has 7 nitrogen and oxygen atoms in total. The summed E-state index contributed by atoms with van der Waals surface area (Å²) in [6, 6.07) is 21.9. The van der Waals surface area contributed by atoms with Crippen LogP contribution in [0.4, 0.5) is 5.69 Å². The van der Waals surface area contributed by atoms with E-state index >= 15 is 0 Å². The summed E-state index contributed by atoms with van der Waals surface area (Å²) in [5.74, 6) is -0.697. The average molecular weight is 596 g/mol. The molecule has 0 saturated heterocycles. The van der Waals surface area contributed by atoms with Crippen molar-refractivity contribution >= 4 is 39.1 Å². The first-order chi connectivity index (χ1) is 19.7. The van der Waals surface area contributed by atoms with E-state index in [4.69, 9.17) is 11.6 Å². The van der Waals surface area contributed by atoms with Crippen molar-refractivity contribution in [3.63, 3.8) is 0 Å². The van der Waals surface area contributed by atoms with Crippen LogP contribution >= 0.6 is 11.6 Å². The Kier molecular flexibility index (Phi) is 10.5. The van der Waals surface area contributed by atoms with Gasteiger partial charge in [0.15, 0.2) is 0 Å². The third-order valence-corrected chi connectivity index (χ3v) is 9.85. The predicted molar refractivity (Wildman–Crippen MR) is 163 cm³/mol. The molecule has 1 aliphatic carbocycles. The summed E-state index contributed by atoms with van der Waals surface area (Å²) in [5, 5.41) is 3.52. The average Bonchev–Trinajstić information content (AvgIpc) is 2.98. The predicted octanol–water partition coefficient (Wildman–Crippen LogP) is 5.75. The van der Waals surface area contributed by atoms with Crippen LogP contribution < -0.4 is 9.62 Å². The monoisotopic (exact) mass is 595 g/mol. The molecule has 0 aliphatic heterocycles. The zero-order chi connectivity index (χ0) is 29.4. The maximum atomic E-state index is 14.0. The smallest absolute Gasteiger partial charge is 0.264 e. The Labute approximate surface area is 248 Å². The lowest BCUT2D eigenvalue weighted by Gasteiger charge is -2.33. The number of carbonyl (C=O) groups excluding carboxylic acids is 2. The van der Waals surface area contributed by atoms with Crippen molar-refractivity contribution in [2.75, 3.05) is 17.4 Å². The molecule has 41 heavy (non-hydrogen) atoms. The molecule has 0 radical (unpaired) electrons. The van der Waals surface area contributed by atoms with Crippen LogP contribution in [0.25, 0.3) is 0 Å². The first-order valence-electron chi connectivity index (χ1n) is 14.1. The van der Waals surface area contributed by atoms with Gasteiger partial charge in [-0.25, -0.2) is 8.42 Å². The molecular weight excluding hydrogens is 558 g/mol. The van der Waals surface area contributed by atoms with E-state index in [1.807, 2.05) is 37.3 Å². The van der Waals surface area contributed by atoms with Crippen LogP contribution in [0.2, 0.25) is 5.02 Å². The summed E-state index contributed by atoms with van der Waals surface area (Å²) >= 11 is 6.39. The molecule has 3 aromatic rings. The molecule has 0 heterocycles. The number of anilines is 1. The van der Waals surface area contributed by atoms with Gasteiger partial charge in [0.2, 0.25) is 11.8 Å². The maximum Gasteiger partial charge on any atom is 0.264 e. The normalized spacial score (nSPS) is 14.7. The second-order valence-corrected chi connectivity index (χ2v) is 12.9. The standard InChI is InChI=1S/C32H38ClN3O4S/c1-24-18-19-28(22-30(24)33)36(41(39,40)29-16-10-5-11-17-29)23-31(37)35(21-20-26-12-6-3-7-13-26)25(2)32(38)34-27-14-8-4-9-15-27/h3,5-7,10-13,16-19,22,25,27H,4,8-9,14-15,20-21,23H2,1-2H3,(H,34,38). The van der Waals surface area contributed by atoms with Gasteiger partial charge >= 0.3 is 0 Å². The van der Waals surface area contributed by atoms with E-state index < -0.39 is 28.5 Å². The number of nitrogens with one attached hydrogen (secondary N) is 1. The molecule has 1 saturated carbocycles. The van der Waals surface area contributed by atoms with Crippen LogP contribution in [0.5, 0.6) is 0 Å². The third-order valence-electron chi connectivity index (χ3n) is 7.66. The number of sulfonamides is 1. The highest BCUT2D eigenvalue weighted by Gasteiger charge is 2.33. The lowest BCUT2D eigenvalue weighted by molar-refractivity contribution is -0.139. The minimum atomic E-state index is -4.12. The SMILES string of the molecule is Cc1ccc(N(CC(=O)N(CCc2ccccc2)C(C)C(=O)NC2CCCCC2)S(=O)(=O)c2ccccc2)cc1Cl. The number of rotatable bonds is 11. The Balaban J connectivity index is 1.64. The summed E-state index contributed by atoms with van der Waals surface area (Å²) < 4.78 is 28.8. The van der Waals surface area contributed by atoms with Gasteiger partial charge in [-0.3, -0.25) is 13.9 Å². The fourth-order valence-electron chi connectivity index (χ4n) is 5.12. The van der Waals surface area contributed by atoms with Crippen molar-refractivity contribution in [1.82, 2.24) is 10.2 Å². The second kappa shape index (κ2) is 14.0. The Hall–Kier alpha value is -3.36. The Morgan fingerprint density at radius 3 is 2.22 bits per heavy atom. The molecule has 1 aliphatic rings. The Morgan fingerprint density at radius 2 is 1.59 bits per heavy atom. The summed E-state index contributed by atoms with van der Waals surface area (Å²) in [7, 11) is -4.12. The summed E-state index contributed by atoms with van der Waals surface area (Å²) in [5.41, 5.74) is 2.08. The van der Waals surface area contributed by atoms with Gasteiger partial charge in [0, 0.05) is 17.6 Å². The van der Waals surface area contributed by atoms with Gasteiger partial charge in [-0.15, -0.1) is 0 Å². The van der Waals surface area contributed by atoms with Crippen LogP contribution in [0, 0.1) is 6.92 Å². The number of hydrogen-bond acceptors (Lipinski definition) is 4. The van der Waals surface area contributed by atoms with Crippen molar-refractivity contribution < 1.29 is 18.0 Å². The number of aryl methyl sites for hydroxylation is 1. The molecule has 4 rings (SSSR count). The Bertz CT molecular complexity index is 1430. The first-order valence-corrected chi connectivity index (χ1v) is 16.0. The van der Waals surface area contributed by atoms with E-state index in [1.165, 1.54) is 23.5 Å². The zero-order valence-corrected chi connectivity index (χ0v) is 25.2. The number of benzene rings is 3. The molecule has 2 amide bonds. The van der Waals surface area contributed by atoms with Gasteiger partial charge in [0.05, 0.1) is 10.6 Å². The van der Waals surface area contributed by atoms with E-state index in [9.17, 15) is 18.0 Å². The summed E-state index contributed by atoms with van der Waals surface area (Å²) in [6.45, 7) is 3.31. The van der Waals surface area contributed by atoms with Crippen LogP contribution in [-0.4, -0.2) is 50.3 Å². The molecule has 9 heteroatoms. The van der Waals surface area contributed by atoms with Crippen molar-refractivity contribution in [3.05, 3.63) is 95.0 Å². The maximum absolute atomic E-state index is 14.0. The van der Waals surface area contributed by atoms with Gasteiger partial charge in [0.25, 0.3) is 10.0 Å². The largest absolute Gasteiger partial charge is 0.352 e. The van der Waals surface area contributed by atoms with Crippen molar-refractivity contribution in [2.45, 2.75) is 69.4 Å². The van der Waals surface area contributed by atoms with Crippen LogP contribution in [0.3, 0.4) is 0 Å². The fraction of sp³-hybridized carbons (Fsp3) is 0.375. The minimum absolute atomic E-state index is 0.0587. The van der Waals surface area contributed by atoms with E-state index in [0.29, 0.717) is 11.4 Å². The lowest BCUT2D eigenvalue weighted by Crippen LogP contribution is -2.53. The van der Waals surface area contributed by atoms with Crippen molar-refractivity contribution in [1.29, 1.82) is 0 Å². The van der Waals surface area contributed by atoms with Gasteiger partial charge in [-0.2, -0.15) is 0 Å². The second-order valence-electron chi connectivity index (χ2n) is 10.6. The topological polar surface area (TPSA) is 86.8 Å². The van der Waals surface area contributed by atoms with Gasteiger partial charge in [0.1, 0.15) is 12.6 Å². The number of amides is 2. The van der Waals surface area contributed by atoms with Crippen molar-refractivity contribution in [2.24, 2.45) is 0 Å².